The summed E-state index contributed by atoms with van der Waals surface area (Å²) in [7, 11) is 0. The van der Waals surface area contributed by atoms with Crippen molar-refractivity contribution in [2.75, 3.05) is 5.32 Å². The molecule has 1 aliphatic rings. The molecule has 5 atom stereocenters. The number of H-pyrrole nitrogens is 1. The number of fused-ring (bicyclic) bond motifs is 4. The van der Waals surface area contributed by atoms with Gasteiger partial charge in [0.25, 0.3) is 0 Å². The van der Waals surface area contributed by atoms with Crippen molar-refractivity contribution in [2.45, 2.75) is 90.8 Å². The number of carbonyl (C=O) groups excluding carboxylic acids is 4. The minimum Gasteiger partial charge on any atom is -0.358 e. The Labute approximate surface area is 329 Å². The fourth-order valence-electron chi connectivity index (χ4n) is 8.08. The molecule has 1 aliphatic carbocycles. The quantitative estimate of drug-likeness (QED) is 0.0915. The zero-order chi connectivity index (χ0) is 41.1. The Morgan fingerprint density at radius 2 is 1.60 bits per heavy atom. The lowest BCUT2D eigenvalue weighted by Gasteiger charge is -2.39. The summed E-state index contributed by atoms with van der Waals surface area (Å²) in [5.41, 5.74) is -0.00807. The van der Waals surface area contributed by atoms with Gasteiger partial charge in [-0.05, 0) is 72.2 Å². The van der Waals surface area contributed by atoms with Gasteiger partial charge in [-0.3, -0.25) is 24.2 Å². The smallest absolute Gasteiger partial charge is 0.358 e. The Morgan fingerprint density at radius 3 is 2.30 bits per heavy atom. The summed E-state index contributed by atoms with van der Waals surface area (Å²) < 4.78 is 56.9. The highest BCUT2D eigenvalue weighted by molar-refractivity contribution is 6.01. The van der Waals surface area contributed by atoms with Crippen LogP contribution in [0.4, 0.5) is 23.2 Å². The molecule has 3 N–H and O–H groups in total. The molecule has 2 unspecified atom stereocenters. The summed E-state index contributed by atoms with van der Waals surface area (Å²) in [6, 6.07) is 18.8. The standard InChI is InChI=1S/C45H48F4N4O4/c1-5-26(3)33(23-31(54)22-28-11-7-8-15-37(28)46)43(57)53-44(19-18-39-35(25-44)32-13-9-14-36(41(32)52-39)45(47,48)49)40(55)24-34(27(4)6-2)42(56)51-30-16-17-38-29(21-30)12-10-20-50-38/h7-17,20-21,26-27,33-34,52H,5-6,18-19,22-25H2,1-4H3,(H,51,56)(H,53,57)/t26?,27?,33-,34-,44+/m0/s1. The normalized spacial score (nSPS) is 17.7. The van der Waals surface area contributed by atoms with Crippen LogP contribution in [0.25, 0.3) is 21.8 Å². The Morgan fingerprint density at radius 1 is 0.877 bits per heavy atom. The SMILES string of the molecule is CCC(C)[C@H](CC(=O)[C@@]1(NC(=O)[C@@H](CC(=O)Cc2ccccc2F)C(C)CC)CCc2[nH]c3c(C(F)(F)F)cccc3c2C1)C(=O)Nc1ccc2ncccc2c1. The van der Waals surface area contributed by atoms with Crippen molar-refractivity contribution in [3.63, 3.8) is 0 Å². The molecule has 2 aromatic heterocycles. The van der Waals surface area contributed by atoms with Gasteiger partial charge in [0.1, 0.15) is 17.1 Å². The number of hydrogen-bond acceptors (Lipinski definition) is 5. The average molecular weight is 785 g/mol. The largest absolute Gasteiger partial charge is 0.418 e. The van der Waals surface area contributed by atoms with Gasteiger partial charge >= 0.3 is 6.18 Å². The van der Waals surface area contributed by atoms with Crippen LogP contribution >= 0.6 is 0 Å². The molecule has 0 radical (unpaired) electrons. The van der Waals surface area contributed by atoms with Crippen molar-refractivity contribution < 1.29 is 36.7 Å². The van der Waals surface area contributed by atoms with Gasteiger partial charge in [0.05, 0.1) is 16.6 Å². The third kappa shape index (κ3) is 8.95. The van der Waals surface area contributed by atoms with Gasteiger partial charge in [-0.15, -0.1) is 0 Å². The molecule has 300 valence electrons. The van der Waals surface area contributed by atoms with Crippen molar-refractivity contribution >= 4 is 50.9 Å². The van der Waals surface area contributed by atoms with Gasteiger partial charge in [0.15, 0.2) is 5.78 Å². The number of carbonyl (C=O) groups is 4. The molecule has 0 fully saturated rings. The highest BCUT2D eigenvalue weighted by Gasteiger charge is 2.47. The van der Waals surface area contributed by atoms with Gasteiger partial charge in [0.2, 0.25) is 11.8 Å². The van der Waals surface area contributed by atoms with Crippen molar-refractivity contribution in [2.24, 2.45) is 23.7 Å². The summed E-state index contributed by atoms with van der Waals surface area (Å²) in [5.74, 6) is -4.47. The highest BCUT2D eigenvalue weighted by Crippen LogP contribution is 2.41. The fourth-order valence-corrected chi connectivity index (χ4v) is 8.08. The molecule has 12 heteroatoms. The minimum absolute atomic E-state index is 0.0572. The van der Waals surface area contributed by atoms with E-state index in [1.807, 2.05) is 33.8 Å². The van der Waals surface area contributed by atoms with E-state index < -0.39 is 46.6 Å². The Kier molecular flexibility index (Phi) is 12.3. The number of aromatic nitrogens is 2. The van der Waals surface area contributed by atoms with Crippen LogP contribution in [-0.2, 0) is 44.6 Å². The molecule has 0 saturated carbocycles. The van der Waals surface area contributed by atoms with E-state index in [-0.39, 0.29) is 73.1 Å². The second-order valence-corrected chi connectivity index (χ2v) is 15.6. The second kappa shape index (κ2) is 17.0. The second-order valence-electron chi connectivity index (χ2n) is 15.6. The zero-order valence-corrected chi connectivity index (χ0v) is 32.6. The minimum atomic E-state index is -4.63. The maximum absolute atomic E-state index is 15.0. The Balaban J connectivity index is 1.34. The lowest BCUT2D eigenvalue weighted by atomic mass is 9.72. The number of halogens is 4. The van der Waals surface area contributed by atoms with Gasteiger partial charge in [-0.2, -0.15) is 13.2 Å². The predicted octanol–water partition coefficient (Wildman–Crippen LogP) is 9.34. The molecule has 0 bridgehead atoms. The van der Waals surface area contributed by atoms with Crippen molar-refractivity contribution in [1.29, 1.82) is 0 Å². The van der Waals surface area contributed by atoms with Crippen LogP contribution in [-0.4, -0.2) is 38.9 Å². The van der Waals surface area contributed by atoms with Gasteiger partial charge in [-0.25, -0.2) is 4.39 Å². The number of nitrogens with zero attached hydrogens (tertiary/aromatic N) is 1. The van der Waals surface area contributed by atoms with Gasteiger partial charge in [-0.1, -0.05) is 76.9 Å². The lowest BCUT2D eigenvalue weighted by molar-refractivity contribution is -0.138. The molecule has 5 aromatic rings. The Bertz CT molecular complexity index is 2300. The van der Waals surface area contributed by atoms with Gasteiger partial charge in [0, 0.05) is 65.9 Å². The number of pyridine rings is 1. The number of anilines is 1. The Hall–Kier alpha value is -5.39. The van der Waals surface area contributed by atoms with E-state index in [0.29, 0.717) is 35.2 Å². The number of Topliss-reactive ketones (excluding diaryl/α,β-unsaturated/α-hetero) is 2. The number of aromatic amines is 1. The zero-order valence-electron chi connectivity index (χ0n) is 32.6. The molecule has 3 aromatic carbocycles. The number of ketones is 2. The van der Waals surface area contributed by atoms with E-state index in [2.05, 4.69) is 20.6 Å². The summed E-state index contributed by atoms with van der Waals surface area (Å²) >= 11 is 0. The maximum Gasteiger partial charge on any atom is 0.418 e. The highest BCUT2D eigenvalue weighted by atomic mass is 19.4. The van der Waals surface area contributed by atoms with E-state index in [1.165, 1.54) is 24.3 Å². The van der Waals surface area contributed by atoms with Crippen molar-refractivity contribution in [3.8, 4) is 0 Å². The third-order valence-electron chi connectivity index (χ3n) is 11.9. The monoisotopic (exact) mass is 784 g/mol. The summed E-state index contributed by atoms with van der Waals surface area (Å²) in [4.78, 5) is 64.2. The molecule has 0 saturated heterocycles. The van der Waals surface area contributed by atoms with Crippen molar-refractivity contribution in [3.05, 3.63) is 107 Å². The number of rotatable bonds is 15. The number of nitrogens with one attached hydrogen (secondary N) is 3. The molecule has 2 amide bonds. The lowest BCUT2D eigenvalue weighted by Crippen LogP contribution is -2.60. The van der Waals surface area contributed by atoms with E-state index in [1.54, 1.807) is 42.6 Å². The number of benzene rings is 3. The first-order chi connectivity index (χ1) is 27.1. The molecule has 57 heavy (non-hydrogen) atoms. The first kappa shape index (κ1) is 41.2. The summed E-state index contributed by atoms with van der Waals surface area (Å²) in [6.45, 7) is 7.51. The number of aryl methyl sites for hydroxylation is 1. The molecular weight excluding hydrogens is 737 g/mol. The molecular formula is C45H48F4N4O4. The van der Waals surface area contributed by atoms with E-state index in [4.69, 9.17) is 0 Å². The molecule has 8 nitrogen and oxygen atoms in total. The van der Waals surface area contributed by atoms with E-state index in [0.717, 1.165) is 17.0 Å². The molecule has 6 rings (SSSR count). The topological polar surface area (TPSA) is 121 Å². The summed E-state index contributed by atoms with van der Waals surface area (Å²) in [6.07, 6.45) is -2.43. The van der Waals surface area contributed by atoms with E-state index >= 15 is 0 Å². The van der Waals surface area contributed by atoms with Crippen LogP contribution in [0.15, 0.2) is 79.0 Å². The fraction of sp³-hybridized carbons (Fsp3) is 0.400. The maximum atomic E-state index is 15.0. The molecule has 0 aliphatic heterocycles. The number of amides is 2. The van der Waals surface area contributed by atoms with Crippen molar-refractivity contribution in [1.82, 2.24) is 15.3 Å². The third-order valence-corrected chi connectivity index (χ3v) is 11.9. The predicted molar refractivity (Wildman–Crippen MR) is 212 cm³/mol. The average Bonchev–Trinajstić information content (AvgIpc) is 3.56. The number of para-hydroxylation sites is 1. The van der Waals surface area contributed by atoms with Crippen LogP contribution in [0, 0.1) is 29.5 Å². The molecule has 2 heterocycles. The van der Waals surface area contributed by atoms with E-state index in [9.17, 15) is 36.7 Å². The van der Waals surface area contributed by atoms with Crippen LogP contribution in [0.3, 0.4) is 0 Å². The first-order valence-corrected chi connectivity index (χ1v) is 19.6. The van der Waals surface area contributed by atoms with Crippen LogP contribution in [0.5, 0.6) is 0 Å². The summed E-state index contributed by atoms with van der Waals surface area (Å²) in [5, 5.41) is 7.14. The number of hydrogen-bond donors (Lipinski definition) is 3. The molecule has 0 spiro atoms. The van der Waals surface area contributed by atoms with Crippen LogP contribution in [0.1, 0.15) is 82.2 Å². The van der Waals surface area contributed by atoms with Crippen LogP contribution < -0.4 is 10.6 Å². The number of alkyl halides is 3. The van der Waals surface area contributed by atoms with Gasteiger partial charge < -0.3 is 15.6 Å². The first-order valence-electron chi connectivity index (χ1n) is 19.6. The van der Waals surface area contributed by atoms with Crippen LogP contribution in [0.2, 0.25) is 0 Å².